The van der Waals surface area contributed by atoms with Crippen molar-refractivity contribution in [3.05, 3.63) is 0 Å². The third kappa shape index (κ3) is 6.91. The van der Waals surface area contributed by atoms with E-state index in [4.69, 9.17) is 4.74 Å². The number of rotatable bonds is 8. The van der Waals surface area contributed by atoms with Crippen molar-refractivity contribution in [2.24, 2.45) is 5.92 Å². The number of nitrogens with zero attached hydrogens (tertiary/aromatic N) is 2. The molecule has 1 fully saturated rings. The lowest BCUT2D eigenvalue weighted by Crippen LogP contribution is -2.45. The Bertz CT molecular complexity index is 336. The summed E-state index contributed by atoms with van der Waals surface area (Å²) in [6, 6.07) is 0. The van der Waals surface area contributed by atoms with E-state index in [0.29, 0.717) is 38.6 Å². The monoisotopic (exact) mass is 300 g/mol. The zero-order chi connectivity index (χ0) is 15.7. The molecule has 6 nitrogen and oxygen atoms in total. The van der Waals surface area contributed by atoms with Gasteiger partial charge in [0.05, 0.1) is 26.7 Å². The van der Waals surface area contributed by atoms with E-state index in [1.54, 1.807) is 7.11 Å². The van der Waals surface area contributed by atoms with E-state index < -0.39 is 0 Å². The molecule has 0 aromatic heterocycles. The number of carbonyl (C=O) groups excluding carboxylic acids is 2. The second kappa shape index (κ2) is 9.73. The fourth-order valence-corrected chi connectivity index (χ4v) is 2.55. The Morgan fingerprint density at radius 2 is 2.05 bits per heavy atom. The molecule has 1 unspecified atom stereocenters. The molecule has 1 aliphatic heterocycles. The highest BCUT2D eigenvalue weighted by Crippen LogP contribution is 2.15. The van der Waals surface area contributed by atoms with Gasteiger partial charge < -0.3 is 14.4 Å². The van der Waals surface area contributed by atoms with Crippen molar-refractivity contribution in [1.29, 1.82) is 0 Å². The molecule has 6 heteroatoms. The van der Waals surface area contributed by atoms with Crippen LogP contribution in [0, 0.1) is 5.92 Å². The molecule has 1 aliphatic rings. The van der Waals surface area contributed by atoms with Crippen LogP contribution >= 0.6 is 0 Å². The maximum Gasteiger partial charge on any atom is 0.306 e. The SMILES string of the molecule is COCCN(CCC(=O)OC)CC(=O)N1CCCC(C)C1. The van der Waals surface area contributed by atoms with Crippen LogP contribution in [0.4, 0.5) is 0 Å². The summed E-state index contributed by atoms with van der Waals surface area (Å²) in [5.74, 6) is 0.462. The standard InChI is InChI=1S/C15H28N2O4/c1-13-5-4-7-17(11-13)14(18)12-16(9-10-20-2)8-6-15(19)21-3/h13H,4-12H2,1-3H3. The number of likely N-dealkylation sites (tertiary alicyclic amines) is 1. The molecule has 0 aromatic rings. The van der Waals surface area contributed by atoms with Gasteiger partial charge in [0.2, 0.25) is 5.91 Å². The van der Waals surface area contributed by atoms with Crippen LogP contribution in [0.15, 0.2) is 0 Å². The maximum absolute atomic E-state index is 12.4. The molecule has 1 amide bonds. The van der Waals surface area contributed by atoms with Crippen molar-refractivity contribution in [2.75, 3.05) is 53.6 Å². The van der Waals surface area contributed by atoms with Crippen LogP contribution in [0.1, 0.15) is 26.2 Å². The quantitative estimate of drug-likeness (QED) is 0.619. The smallest absolute Gasteiger partial charge is 0.306 e. The maximum atomic E-state index is 12.4. The largest absolute Gasteiger partial charge is 0.469 e. The van der Waals surface area contributed by atoms with Crippen LogP contribution < -0.4 is 0 Å². The second-order valence-corrected chi connectivity index (χ2v) is 5.68. The van der Waals surface area contributed by atoms with Crippen molar-refractivity contribution in [2.45, 2.75) is 26.2 Å². The number of hydrogen-bond donors (Lipinski definition) is 0. The van der Waals surface area contributed by atoms with Gasteiger partial charge in [-0.05, 0) is 18.8 Å². The van der Waals surface area contributed by atoms with Crippen LogP contribution in [0.3, 0.4) is 0 Å². The molecule has 0 radical (unpaired) electrons. The van der Waals surface area contributed by atoms with Crippen molar-refractivity contribution in [1.82, 2.24) is 9.80 Å². The average molecular weight is 300 g/mol. The summed E-state index contributed by atoms with van der Waals surface area (Å²) in [5.41, 5.74) is 0. The molecule has 1 saturated heterocycles. The summed E-state index contributed by atoms with van der Waals surface area (Å²) in [5, 5.41) is 0. The van der Waals surface area contributed by atoms with E-state index >= 15 is 0 Å². The molecule has 1 heterocycles. The van der Waals surface area contributed by atoms with Gasteiger partial charge in [0.25, 0.3) is 0 Å². The molecular weight excluding hydrogens is 272 g/mol. The van der Waals surface area contributed by atoms with Crippen LogP contribution in [0.25, 0.3) is 0 Å². The molecule has 21 heavy (non-hydrogen) atoms. The van der Waals surface area contributed by atoms with Gasteiger partial charge >= 0.3 is 5.97 Å². The Hall–Kier alpha value is -1.14. The normalized spacial score (nSPS) is 18.9. The summed E-state index contributed by atoms with van der Waals surface area (Å²) in [6.45, 7) is 5.91. The summed E-state index contributed by atoms with van der Waals surface area (Å²) in [6.07, 6.45) is 2.57. The summed E-state index contributed by atoms with van der Waals surface area (Å²) < 4.78 is 9.72. The molecule has 1 atom stereocenters. The van der Waals surface area contributed by atoms with Gasteiger partial charge in [0.1, 0.15) is 0 Å². The summed E-state index contributed by atoms with van der Waals surface area (Å²) >= 11 is 0. The first-order chi connectivity index (χ1) is 10.1. The van der Waals surface area contributed by atoms with E-state index in [2.05, 4.69) is 11.7 Å². The molecule has 0 spiro atoms. The van der Waals surface area contributed by atoms with Gasteiger partial charge in [-0.2, -0.15) is 0 Å². The molecule has 0 bridgehead atoms. The molecule has 1 rings (SSSR count). The van der Waals surface area contributed by atoms with Crippen LogP contribution in [0.5, 0.6) is 0 Å². The van der Waals surface area contributed by atoms with Gasteiger partial charge in [0, 0.05) is 33.3 Å². The number of amides is 1. The lowest BCUT2D eigenvalue weighted by atomic mass is 10.0. The number of methoxy groups -OCH3 is 2. The van der Waals surface area contributed by atoms with Gasteiger partial charge in [0.15, 0.2) is 0 Å². The Kier molecular flexibility index (Phi) is 8.30. The van der Waals surface area contributed by atoms with Gasteiger partial charge in [-0.3, -0.25) is 14.5 Å². The topological polar surface area (TPSA) is 59.1 Å². The fourth-order valence-electron chi connectivity index (χ4n) is 2.55. The number of esters is 1. The van der Waals surface area contributed by atoms with Crippen molar-refractivity contribution in [3.8, 4) is 0 Å². The summed E-state index contributed by atoms with van der Waals surface area (Å²) in [7, 11) is 3.01. The van der Waals surface area contributed by atoms with E-state index in [-0.39, 0.29) is 11.9 Å². The number of carbonyl (C=O) groups is 2. The molecular formula is C15H28N2O4. The zero-order valence-corrected chi connectivity index (χ0v) is 13.5. The molecule has 0 saturated carbocycles. The Morgan fingerprint density at radius 3 is 2.67 bits per heavy atom. The number of piperidine rings is 1. The van der Waals surface area contributed by atoms with Crippen LogP contribution in [0.2, 0.25) is 0 Å². The van der Waals surface area contributed by atoms with E-state index in [0.717, 1.165) is 19.5 Å². The minimum Gasteiger partial charge on any atom is -0.469 e. The fraction of sp³-hybridized carbons (Fsp3) is 0.867. The lowest BCUT2D eigenvalue weighted by molar-refractivity contribution is -0.142. The highest BCUT2D eigenvalue weighted by atomic mass is 16.5. The van der Waals surface area contributed by atoms with Crippen molar-refractivity contribution >= 4 is 11.9 Å². The first-order valence-corrected chi connectivity index (χ1v) is 7.62. The van der Waals surface area contributed by atoms with E-state index in [9.17, 15) is 9.59 Å². The molecule has 0 aliphatic carbocycles. The lowest BCUT2D eigenvalue weighted by Gasteiger charge is -2.32. The van der Waals surface area contributed by atoms with E-state index in [1.807, 2.05) is 9.80 Å². The van der Waals surface area contributed by atoms with Crippen LogP contribution in [-0.4, -0.2) is 75.2 Å². The Balaban J connectivity index is 2.45. The number of hydrogen-bond acceptors (Lipinski definition) is 5. The van der Waals surface area contributed by atoms with Gasteiger partial charge in [-0.15, -0.1) is 0 Å². The zero-order valence-electron chi connectivity index (χ0n) is 13.5. The first-order valence-electron chi connectivity index (χ1n) is 7.62. The van der Waals surface area contributed by atoms with E-state index in [1.165, 1.54) is 13.5 Å². The van der Waals surface area contributed by atoms with Crippen LogP contribution in [-0.2, 0) is 19.1 Å². The third-order valence-electron chi connectivity index (χ3n) is 3.84. The van der Waals surface area contributed by atoms with Crippen molar-refractivity contribution in [3.63, 3.8) is 0 Å². The summed E-state index contributed by atoms with van der Waals surface area (Å²) in [4.78, 5) is 27.5. The second-order valence-electron chi connectivity index (χ2n) is 5.68. The third-order valence-corrected chi connectivity index (χ3v) is 3.84. The van der Waals surface area contributed by atoms with Crippen molar-refractivity contribution < 1.29 is 19.1 Å². The predicted octanol–water partition coefficient (Wildman–Crippen LogP) is 0.756. The predicted molar refractivity (Wildman–Crippen MR) is 79.9 cm³/mol. The minimum atomic E-state index is -0.253. The highest BCUT2D eigenvalue weighted by molar-refractivity contribution is 5.78. The number of ether oxygens (including phenoxy) is 2. The Labute approximate surface area is 127 Å². The Morgan fingerprint density at radius 1 is 1.29 bits per heavy atom. The highest BCUT2D eigenvalue weighted by Gasteiger charge is 2.22. The van der Waals surface area contributed by atoms with Gasteiger partial charge in [-0.1, -0.05) is 6.92 Å². The average Bonchev–Trinajstić information content (AvgIpc) is 2.49. The molecule has 122 valence electrons. The molecule has 0 N–H and O–H groups in total. The minimum absolute atomic E-state index is 0.141. The molecule has 0 aromatic carbocycles. The first kappa shape index (κ1) is 17.9. The van der Waals surface area contributed by atoms with Gasteiger partial charge in [-0.25, -0.2) is 0 Å².